The first kappa shape index (κ1) is 12.1. The molecule has 0 saturated carbocycles. The second-order valence-corrected chi connectivity index (χ2v) is 4.29. The fraction of sp³-hybridized carbons (Fsp3) is 0.583. The lowest BCUT2D eigenvalue weighted by molar-refractivity contribution is 0.120. The van der Waals surface area contributed by atoms with Crippen molar-refractivity contribution in [2.75, 3.05) is 6.54 Å². The Labute approximate surface area is 91.3 Å². The van der Waals surface area contributed by atoms with Gasteiger partial charge in [0, 0.05) is 24.4 Å². The van der Waals surface area contributed by atoms with E-state index in [-0.39, 0.29) is 5.92 Å². The molecular weight excluding hydrogens is 188 g/mol. The highest BCUT2D eigenvalue weighted by Crippen LogP contribution is 2.21. The second kappa shape index (κ2) is 5.83. The van der Waals surface area contributed by atoms with Gasteiger partial charge in [-0.1, -0.05) is 19.9 Å². The number of aliphatic hydroxyl groups excluding tert-OH is 1. The Morgan fingerprint density at radius 3 is 2.60 bits per heavy atom. The zero-order chi connectivity index (χ0) is 11.3. The minimum atomic E-state index is -0.398. The van der Waals surface area contributed by atoms with E-state index in [2.05, 4.69) is 18.8 Å². The van der Waals surface area contributed by atoms with E-state index >= 15 is 0 Å². The minimum absolute atomic E-state index is 0.0476. The van der Waals surface area contributed by atoms with Crippen LogP contribution in [0.25, 0.3) is 0 Å². The van der Waals surface area contributed by atoms with Crippen molar-refractivity contribution in [3.63, 3.8) is 0 Å². The molecule has 0 aliphatic rings. The summed E-state index contributed by atoms with van der Waals surface area (Å²) in [5, 5.41) is 10.0. The zero-order valence-electron chi connectivity index (χ0n) is 9.43. The Kier molecular flexibility index (Phi) is 4.72. The molecule has 15 heavy (non-hydrogen) atoms. The van der Waals surface area contributed by atoms with Crippen molar-refractivity contribution in [1.29, 1.82) is 0 Å². The molecule has 3 nitrogen and oxygen atoms in total. The van der Waals surface area contributed by atoms with Gasteiger partial charge >= 0.3 is 0 Å². The summed E-state index contributed by atoms with van der Waals surface area (Å²) in [4.78, 5) is 4.24. The van der Waals surface area contributed by atoms with Crippen LogP contribution in [0.15, 0.2) is 24.4 Å². The summed E-state index contributed by atoms with van der Waals surface area (Å²) in [6.45, 7) is 4.62. The Morgan fingerprint density at radius 1 is 1.40 bits per heavy atom. The Balaban J connectivity index is 2.71. The predicted molar refractivity (Wildman–Crippen MR) is 61.5 cm³/mol. The second-order valence-electron chi connectivity index (χ2n) is 4.29. The monoisotopic (exact) mass is 208 g/mol. The third-order valence-corrected chi connectivity index (χ3v) is 2.50. The molecule has 0 fully saturated rings. The lowest BCUT2D eigenvalue weighted by Gasteiger charge is -2.22. The Morgan fingerprint density at radius 2 is 2.13 bits per heavy atom. The van der Waals surface area contributed by atoms with Crippen LogP contribution >= 0.6 is 0 Å². The van der Waals surface area contributed by atoms with Crippen molar-refractivity contribution >= 4 is 0 Å². The van der Waals surface area contributed by atoms with Gasteiger partial charge in [0.05, 0.1) is 6.10 Å². The highest BCUT2D eigenvalue weighted by molar-refractivity contribution is 5.11. The van der Waals surface area contributed by atoms with Crippen LogP contribution in [-0.2, 0) is 0 Å². The number of nitrogens with zero attached hydrogens (tertiary/aromatic N) is 1. The van der Waals surface area contributed by atoms with E-state index in [0.29, 0.717) is 12.5 Å². The molecule has 0 aromatic carbocycles. The molecule has 0 aliphatic carbocycles. The molecule has 0 saturated heterocycles. The molecule has 84 valence electrons. The molecule has 1 rings (SSSR count). The maximum atomic E-state index is 10.0. The van der Waals surface area contributed by atoms with Crippen molar-refractivity contribution in [3.8, 4) is 0 Å². The molecular formula is C12H20N2O. The Hall–Kier alpha value is -0.930. The summed E-state index contributed by atoms with van der Waals surface area (Å²) in [7, 11) is 0. The topological polar surface area (TPSA) is 59.1 Å². The summed E-state index contributed by atoms with van der Waals surface area (Å²) in [5.74, 6) is 0.423. The lowest BCUT2D eigenvalue weighted by Crippen LogP contribution is -2.27. The molecule has 0 radical (unpaired) electrons. The molecule has 3 N–H and O–H groups in total. The number of pyridine rings is 1. The first-order valence-corrected chi connectivity index (χ1v) is 5.44. The molecule has 0 bridgehead atoms. The lowest BCUT2D eigenvalue weighted by atomic mass is 9.91. The average Bonchev–Trinajstić information content (AvgIpc) is 2.19. The van der Waals surface area contributed by atoms with Gasteiger partial charge in [-0.15, -0.1) is 0 Å². The largest absolute Gasteiger partial charge is 0.392 e. The van der Waals surface area contributed by atoms with E-state index in [1.165, 1.54) is 0 Å². The first-order chi connectivity index (χ1) is 7.15. The third-order valence-electron chi connectivity index (χ3n) is 2.50. The summed E-state index contributed by atoms with van der Waals surface area (Å²) < 4.78 is 0. The van der Waals surface area contributed by atoms with E-state index in [1.54, 1.807) is 6.20 Å². The van der Waals surface area contributed by atoms with Gasteiger partial charge in [0.2, 0.25) is 0 Å². The van der Waals surface area contributed by atoms with Crippen molar-refractivity contribution in [3.05, 3.63) is 30.1 Å². The number of nitrogens with two attached hydrogens (primary N) is 1. The smallest absolute Gasteiger partial charge is 0.0638 e. The fourth-order valence-electron chi connectivity index (χ4n) is 1.72. The zero-order valence-corrected chi connectivity index (χ0v) is 9.43. The fourth-order valence-corrected chi connectivity index (χ4v) is 1.72. The van der Waals surface area contributed by atoms with Gasteiger partial charge in [0.25, 0.3) is 0 Å². The van der Waals surface area contributed by atoms with Crippen molar-refractivity contribution < 1.29 is 5.11 Å². The summed E-state index contributed by atoms with van der Waals surface area (Å²) in [6.07, 6.45) is 2.10. The summed E-state index contributed by atoms with van der Waals surface area (Å²) in [5.41, 5.74) is 6.56. The van der Waals surface area contributed by atoms with Gasteiger partial charge in [-0.05, 0) is 24.5 Å². The Bertz CT molecular complexity index is 274. The first-order valence-electron chi connectivity index (χ1n) is 5.44. The summed E-state index contributed by atoms with van der Waals surface area (Å²) >= 11 is 0. The molecule has 1 aromatic heterocycles. The van der Waals surface area contributed by atoms with Gasteiger partial charge in [-0.2, -0.15) is 0 Å². The summed E-state index contributed by atoms with van der Waals surface area (Å²) in [6, 6.07) is 5.71. The number of hydrogen-bond acceptors (Lipinski definition) is 3. The van der Waals surface area contributed by atoms with Crippen LogP contribution in [0.2, 0.25) is 0 Å². The molecule has 0 aliphatic heterocycles. The number of hydrogen-bond donors (Lipinski definition) is 2. The maximum Gasteiger partial charge on any atom is 0.0638 e. The predicted octanol–water partition coefficient (Wildman–Crippen LogP) is 1.53. The highest BCUT2D eigenvalue weighted by atomic mass is 16.3. The normalized spacial score (nSPS) is 15.3. The van der Waals surface area contributed by atoms with E-state index in [4.69, 9.17) is 5.73 Å². The number of aromatic nitrogens is 1. The molecule has 1 heterocycles. The van der Waals surface area contributed by atoms with Crippen LogP contribution in [0, 0.1) is 5.92 Å². The third kappa shape index (κ3) is 3.61. The van der Waals surface area contributed by atoms with Gasteiger partial charge in [0.1, 0.15) is 0 Å². The SMILES string of the molecule is CC(C)CC(O)C(CN)c1ccccn1. The number of rotatable bonds is 5. The average molecular weight is 208 g/mol. The van der Waals surface area contributed by atoms with Gasteiger partial charge in [0.15, 0.2) is 0 Å². The van der Waals surface area contributed by atoms with E-state index in [1.807, 2.05) is 18.2 Å². The van der Waals surface area contributed by atoms with E-state index in [9.17, 15) is 5.11 Å². The molecule has 2 unspecified atom stereocenters. The molecule has 0 spiro atoms. The van der Waals surface area contributed by atoms with Gasteiger partial charge < -0.3 is 10.8 Å². The van der Waals surface area contributed by atoms with E-state index < -0.39 is 6.10 Å². The molecule has 0 amide bonds. The molecule has 2 atom stereocenters. The van der Waals surface area contributed by atoms with Crippen LogP contribution in [0.5, 0.6) is 0 Å². The number of aliphatic hydroxyl groups is 1. The van der Waals surface area contributed by atoms with Crippen molar-refractivity contribution in [1.82, 2.24) is 4.98 Å². The van der Waals surface area contributed by atoms with Crippen LogP contribution in [-0.4, -0.2) is 22.7 Å². The van der Waals surface area contributed by atoms with Crippen molar-refractivity contribution in [2.24, 2.45) is 11.7 Å². The van der Waals surface area contributed by atoms with Gasteiger partial charge in [-0.3, -0.25) is 4.98 Å². The highest BCUT2D eigenvalue weighted by Gasteiger charge is 2.21. The standard InChI is InChI=1S/C12H20N2O/c1-9(2)7-12(15)10(8-13)11-5-3-4-6-14-11/h3-6,9-10,12,15H,7-8,13H2,1-2H3. The minimum Gasteiger partial charge on any atom is -0.392 e. The van der Waals surface area contributed by atoms with Crippen LogP contribution in [0.3, 0.4) is 0 Å². The van der Waals surface area contributed by atoms with Crippen LogP contribution in [0.1, 0.15) is 31.9 Å². The quantitative estimate of drug-likeness (QED) is 0.771. The molecule has 1 aromatic rings. The van der Waals surface area contributed by atoms with Crippen LogP contribution < -0.4 is 5.73 Å². The van der Waals surface area contributed by atoms with Crippen LogP contribution in [0.4, 0.5) is 0 Å². The van der Waals surface area contributed by atoms with E-state index in [0.717, 1.165) is 12.1 Å². The van der Waals surface area contributed by atoms with Crippen molar-refractivity contribution in [2.45, 2.75) is 32.3 Å². The maximum absolute atomic E-state index is 10.0. The van der Waals surface area contributed by atoms with Gasteiger partial charge in [-0.25, -0.2) is 0 Å². The molecule has 3 heteroatoms.